The number of halogens is 1. The van der Waals surface area contributed by atoms with Crippen LogP contribution in [0.1, 0.15) is 11.3 Å². The van der Waals surface area contributed by atoms with Gasteiger partial charge in [-0.1, -0.05) is 12.1 Å². The minimum Gasteiger partial charge on any atom is -0.398 e. The fraction of sp³-hybridized carbons (Fsp3) is 0.125. The second kappa shape index (κ2) is 5.01. The Balaban J connectivity index is 2.22. The van der Waals surface area contributed by atoms with Gasteiger partial charge in [-0.3, -0.25) is 4.79 Å². The Morgan fingerprint density at radius 2 is 2.00 bits per heavy atom. The normalized spacial score (nSPS) is 11.0. The average molecular weight is 283 g/mol. The van der Waals surface area contributed by atoms with E-state index in [1.807, 2.05) is 24.3 Å². The standard InChI is InChI=1S/C16H14FN3O/c1-10-16(21)20(15-5-3-2-4-14(15)19-10)9-11-8-12(17)6-7-13(11)18/h2-8H,9,18H2,1H3. The van der Waals surface area contributed by atoms with Gasteiger partial charge in [0.15, 0.2) is 0 Å². The van der Waals surface area contributed by atoms with Crippen LogP contribution < -0.4 is 11.3 Å². The lowest BCUT2D eigenvalue weighted by Crippen LogP contribution is -2.25. The van der Waals surface area contributed by atoms with Crippen molar-refractivity contribution in [2.75, 3.05) is 5.73 Å². The molecule has 5 heteroatoms. The first-order valence-corrected chi connectivity index (χ1v) is 6.56. The Hall–Kier alpha value is -2.69. The van der Waals surface area contributed by atoms with Gasteiger partial charge in [0, 0.05) is 5.69 Å². The molecule has 0 amide bonds. The molecule has 4 nitrogen and oxygen atoms in total. The predicted octanol–water partition coefficient (Wildman–Crippen LogP) is 2.47. The van der Waals surface area contributed by atoms with Crippen LogP contribution in [-0.2, 0) is 6.54 Å². The lowest BCUT2D eigenvalue weighted by molar-refractivity contribution is 0.623. The lowest BCUT2D eigenvalue weighted by atomic mass is 10.1. The lowest BCUT2D eigenvalue weighted by Gasteiger charge is -2.12. The zero-order valence-corrected chi connectivity index (χ0v) is 11.5. The molecule has 0 radical (unpaired) electrons. The fourth-order valence-electron chi connectivity index (χ4n) is 2.36. The summed E-state index contributed by atoms with van der Waals surface area (Å²) in [6.45, 7) is 1.88. The van der Waals surface area contributed by atoms with Gasteiger partial charge in [0.1, 0.15) is 11.5 Å². The quantitative estimate of drug-likeness (QED) is 0.735. The zero-order valence-electron chi connectivity index (χ0n) is 11.5. The molecule has 2 aromatic carbocycles. The third-order valence-electron chi connectivity index (χ3n) is 3.45. The highest BCUT2D eigenvalue weighted by molar-refractivity contribution is 5.74. The summed E-state index contributed by atoms with van der Waals surface area (Å²) >= 11 is 0. The van der Waals surface area contributed by atoms with Crippen LogP contribution in [0.5, 0.6) is 0 Å². The van der Waals surface area contributed by atoms with Crippen molar-refractivity contribution in [3.8, 4) is 0 Å². The van der Waals surface area contributed by atoms with Crippen molar-refractivity contribution in [1.82, 2.24) is 9.55 Å². The molecule has 0 spiro atoms. The number of benzene rings is 2. The van der Waals surface area contributed by atoms with E-state index in [1.165, 1.54) is 18.2 Å². The maximum atomic E-state index is 13.4. The summed E-state index contributed by atoms with van der Waals surface area (Å²) in [5, 5.41) is 0. The number of hydrogen-bond donors (Lipinski definition) is 1. The van der Waals surface area contributed by atoms with Crippen LogP contribution in [-0.4, -0.2) is 9.55 Å². The summed E-state index contributed by atoms with van der Waals surface area (Å²) < 4.78 is 15.0. The Bertz CT molecular complexity index is 886. The molecule has 0 saturated heterocycles. The Labute approximate surface area is 120 Å². The summed E-state index contributed by atoms with van der Waals surface area (Å²) in [5.74, 6) is -0.373. The van der Waals surface area contributed by atoms with E-state index in [1.54, 1.807) is 11.5 Å². The van der Waals surface area contributed by atoms with Crippen LogP contribution >= 0.6 is 0 Å². The first kappa shape index (κ1) is 13.3. The number of anilines is 1. The highest BCUT2D eigenvalue weighted by atomic mass is 19.1. The van der Waals surface area contributed by atoms with E-state index in [-0.39, 0.29) is 17.9 Å². The van der Waals surface area contributed by atoms with E-state index in [0.717, 1.165) is 5.52 Å². The molecule has 0 atom stereocenters. The third kappa shape index (κ3) is 2.38. The van der Waals surface area contributed by atoms with E-state index in [9.17, 15) is 9.18 Å². The third-order valence-corrected chi connectivity index (χ3v) is 3.45. The van der Waals surface area contributed by atoms with Gasteiger partial charge in [0.25, 0.3) is 5.56 Å². The molecule has 0 unspecified atom stereocenters. The number of para-hydroxylation sites is 2. The van der Waals surface area contributed by atoms with Crippen molar-refractivity contribution in [3.63, 3.8) is 0 Å². The highest BCUT2D eigenvalue weighted by Crippen LogP contribution is 2.17. The molecule has 0 aliphatic rings. The number of rotatable bonds is 2. The monoisotopic (exact) mass is 283 g/mol. The molecule has 0 bridgehead atoms. The van der Waals surface area contributed by atoms with Gasteiger partial charge in [-0.2, -0.15) is 0 Å². The van der Waals surface area contributed by atoms with Crippen LogP contribution in [0.2, 0.25) is 0 Å². The van der Waals surface area contributed by atoms with Crippen molar-refractivity contribution in [2.45, 2.75) is 13.5 Å². The molecule has 1 heterocycles. The molecule has 21 heavy (non-hydrogen) atoms. The van der Waals surface area contributed by atoms with E-state index in [2.05, 4.69) is 4.98 Å². The summed E-state index contributed by atoms with van der Waals surface area (Å²) in [6.07, 6.45) is 0. The maximum absolute atomic E-state index is 13.4. The minimum absolute atomic E-state index is 0.197. The Kier molecular flexibility index (Phi) is 3.17. The van der Waals surface area contributed by atoms with E-state index >= 15 is 0 Å². The van der Waals surface area contributed by atoms with Gasteiger partial charge in [-0.05, 0) is 42.8 Å². The van der Waals surface area contributed by atoms with Gasteiger partial charge in [-0.25, -0.2) is 9.37 Å². The van der Waals surface area contributed by atoms with Crippen LogP contribution in [0.3, 0.4) is 0 Å². The van der Waals surface area contributed by atoms with Crippen LogP contribution in [0.15, 0.2) is 47.3 Å². The number of hydrogen-bond acceptors (Lipinski definition) is 3. The van der Waals surface area contributed by atoms with Gasteiger partial charge >= 0.3 is 0 Å². The Morgan fingerprint density at radius 1 is 1.24 bits per heavy atom. The molecule has 3 rings (SSSR count). The summed E-state index contributed by atoms with van der Waals surface area (Å²) in [7, 11) is 0. The average Bonchev–Trinajstić information content (AvgIpc) is 2.47. The molecule has 0 saturated carbocycles. The van der Waals surface area contributed by atoms with Crippen molar-refractivity contribution >= 4 is 16.7 Å². The number of nitrogens with zero attached hydrogens (tertiary/aromatic N) is 2. The molecule has 1 aromatic heterocycles. The first-order valence-electron chi connectivity index (χ1n) is 6.56. The van der Waals surface area contributed by atoms with E-state index in [4.69, 9.17) is 5.73 Å². The maximum Gasteiger partial charge on any atom is 0.272 e. The SMILES string of the molecule is Cc1nc2ccccc2n(Cc2cc(F)ccc2N)c1=O. The van der Waals surface area contributed by atoms with Crippen molar-refractivity contribution in [1.29, 1.82) is 0 Å². The highest BCUT2D eigenvalue weighted by Gasteiger charge is 2.10. The zero-order chi connectivity index (χ0) is 15.0. The second-order valence-corrected chi connectivity index (χ2v) is 4.92. The number of aryl methyl sites for hydroxylation is 1. The second-order valence-electron chi connectivity index (χ2n) is 4.92. The topological polar surface area (TPSA) is 60.9 Å². The Morgan fingerprint density at radius 3 is 2.81 bits per heavy atom. The summed E-state index contributed by atoms with van der Waals surface area (Å²) in [4.78, 5) is 16.6. The molecule has 3 aromatic rings. The molecular formula is C16H14FN3O. The molecule has 0 aliphatic heterocycles. The van der Waals surface area contributed by atoms with Gasteiger partial charge in [0.05, 0.1) is 17.6 Å². The van der Waals surface area contributed by atoms with Crippen molar-refractivity contribution < 1.29 is 4.39 Å². The van der Waals surface area contributed by atoms with Crippen LogP contribution in [0, 0.1) is 12.7 Å². The number of nitrogens with two attached hydrogens (primary N) is 1. The van der Waals surface area contributed by atoms with Crippen LogP contribution in [0.25, 0.3) is 11.0 Å². The first-order chi connectivity index (χ1) is 10.1. The predicted molar refractivity (Wildman–Crippen MR) is 80.7 cm³/mol. The number of fused-ring (bicyclic) bond motifs is 1. The molecule has 0 fully saturated rings. The molecular weight excluding hydrogens is 269 g/mol. The van der Waals surface area contributed by atoms with Crippen LogP contribution in [0.4, 0.5) is 10.1 Å². The van der Waals surface area contributed by atoms with Gasteiger partial charge < -0.3 is 10.3 Å². The summed E-state index contributed by atoms with van der Waals surface area (Å²) in [5.41, 5.74) is 8.55. The largest absolute Gasteiger partial charge is 0.398 e. The molecule has 2 N–H and O–H groups in total. The van der Waals surface area contributed by atoms with Gasteiger partial charge in [0.2, 0.25) is 0 Å². The smallest absolute Gasteiger partial charge is 0.272 e. The van der Waals surface area contributed by atoms with E-state index < -0.39 is 0 Å². The van der Waals surface area contributed by atoms with Gasteiger partial charge in [-0.15, -0.1) is 0 Å². The van der Waals surface area contributed by atoms with Crippen molar-refractivity contribution in [3.05, 3.63) is 69.9 Å². The number of aromatic nitrogens is 2. The molecule has 106 valence electrons. The molecule has 0 aliphatic carbocycles. The summed E-state index contributed by atoms with van der Waals surface area (Å²) in [6, 6.07) is 11.5. The van der Waals surface area contributed by atoms with E-state index in [0.29, 0.717) is 22.5 Å². The minimum atomic E-state index is -0.373. The van der Waals surface area contributed by atoms with Crippen molar-refractivity contribution in [2.24, 2.45) is 0 Å². The fourth-order valence-corrected chi connectivity index (χ4v) is 2.36. The number of nitrogen functional groups attached to an aromatic ring is 1.